The first kappa shape index (κ1) is 11.4. The van der Waals surface area contributed by atoms with Crippen LogP contribution in [0.4, 0.5) is 5.82 Å². The van der Waals surface area contributed by atoms with Gasteiger partial charge in [0, 0.05) is 12.2 Å². The van der Waals surface area contributed by atoms with E-state index in [1.54, 1.807) is 0 Å². The molecule has 0 saturated heterocycles. The molecule has 1 aromatic heterocycles. The normalized spacial score (nSPS) is 19.4. The summed E-state index contributed by atoms with van der Waals surface area (Å²) in [4.78, 5) is 4.37. The zero-order valence-corrected chi connectivity index (χ0v) is 9.87. The minimum atomic E-state index is -0.524. The maximum atomic E-state index is 10.3. The lowest BCUT2D eigenvalue weighted by Crippen LogP contribution is -2.38. The molecule has 0 bridgehead atoms. The summed E-state index contributed by atoms with van der Waals surface area (Å²) in [5, 5.41) is 13.5. The molecule has 1 heterocycles. The largest absolute Gasteiger partial charge is 0.388 e. The van der Waals surface area contributed by atoms with Crippen LogP contribution in [0, 0.1) is 6.92 Å². The van der Waals surface area contributed by atoms with Gasteiger partial charge in [0.2, 0.25) is 0 Å². The molecule has 0 aromatic carbocycles. The average Bonchev–Trinajstić information content (AvgIpc) is 2.28. The second-order valence-corrected chi connectivity index (χ2v) is 4.80. The Balaban J connectivity index is 1.91. The molecule has 0 unspecified atom stereocenters. The van der Waals surface area contributed by atoms with Crippen molar-refractivity contribution in [2.45, 2.75) is 44.6 Å². The maximum Gasteiger partial charge on any atom is 0.126 e. The van der Waals surface area contributed by atoms with Gasteiger partial charge in [0.15, 0.2) is 0 Å². The van der Waals surface area contributed by atoms with E-state index in [0.29, 0.717) is 6.54 Å². The smallest absolute Gasteiger partial charge is 0.126 e. The minimum Gasteiger partial charge on any atom is -0.388 e. The number of nitrogens with one attached hydrogen (secondary N) is 1. The quantitative estimate of drug-likeness (QED) is 0.822. The van der Waals surface area contributed by atoms with Crippen LogP contribution in [0.15, 0.2) is 18.2 Å². The SMILES string of the molecule is Cc1cccc(NCC2(O)CCCCC2)n1. The van der Waals surface area contributed by atoms with E-state index in [2.05, 4.69) is 10.3 Å². The Kier molecular flexibility index (Phi) is 3.44. The lowest BCUT2D eigenvalue weighted by molar-refractivity contribution is 0.0166. The Morgan fingerprint density at radius 2 is 2.06 bits per heavy atom. The highest BCUT2D eigenvalue weighted by atomic mass is 16.3. The lowest BCUT2D eigenvalue weighted by Gasteiger charge is -2.32. The summed E-state index contributed by atoms with van der Waals surface area (Å²) in [5.41, 5.74) is 0.476. The third-order valence-corrected chi connectivity index (χ3v) is 3.27. The number of hydrogen-bond donors (Lipinski definition) is 2. The fourth-order valence-electron chi connectivity index (χ4n) is 2.28. The number of rotatable bonds is 3. The highest BCUT2D eigenvalue weighted by molar-refractivity contribution is 5.35. The van der Waals surface area contributed by atoms with Crippen LogP contribution in [0.1, 0.15) is 37.8 Å². The Morgan fingerprint density at radius 3 is 2.75 bits per heavy atom. The summed E-state index contributed by atoms with van der Waals surface area (Å²) in [5.74, 6) is 0.860. The molecule has 2 rings (SSSR count). The molecule has 1 aromatic rings. The molecule has 1 fully saturated rings. The van der Waals surface area contributed by atoms with Gasteiger partial charge in [-0.05, 0) is 31.9 Å². The van der Waals surface area contributed by atoms with Gasteiger partial charge < -0.3 is 10.4 Å². The van der Waals surface area contributed by atoms with Crippen molar-refractivity contribution in [2.24, 2.45) is 0 Å². The standard InChI is InChI=1S/C13H20N2O/c1-11-6-5-7-12(15-11)14-10-13(16)8-3-2-4-9-13/h5-7,16H,2-4,8-10H2,1H3,(H,14,15). The van der Waals surface area contributed by atoms with E-state index in [9.17, 15) is 5.11 Å². The second kappa shape index (κ2) is 4.83. The van der Waals surface area contributed by atoms with Gasteiger partial charge in [0.25, 0.3) is 0 Å². The molecule has 0 radical (unpaired) electrons. The number of aryl methyl sites for hydroxylation is 1. The van der Waals surface area contributed by atoms with E-state index in [4.69, 9.17) is 0 Å². The van der Waals surface area contributed by atoms with Crippen LogP contribution in [0.25, 0.3) is 0 Å². The van der Waals surface area contributed by atoms with Crippen LogP contribution < -0.4 is 5.32 Å². The first-order valence-electron chi connectivity index (χ1n) is 6.08. The Morgan fingerprint density at radius 1 is 1.31 bits per heavy atom. The summed E-state index contributed by atoms with van der Waals surface area (Å²) < 4.78 is 0. The average molecular weight is 220 g/mol. The van der Waals surface area contributed by atoms with Gasteiger partial charge in [-0.25, -0.2) is 4.98 Å². The van der Waals surface area contributed by atoms with Gasteiger partial charge in [-0.2, -0.15) is 0 Å². The molecule has 1 aliphatic rings. The van der Waals surface area contributed by atoms with Gasteiger partial charge in [0.05, 0.1) is 5.60 Å². The molecule has 16 heavy (non-hydrogen) atoms. The molecule has 3 heteroatoms. The van der Waals surface area contributed by atoms with Crippen molar-refractivity contribution in [3.8, 4) is 0 Å². The molecule has 0 atom stereocenters. The molecule has 0 aliphatic heterocycles. The van der Waals surface area contributed by atoms with Gasteiger partial charge in [0.1, 0.15) is 5.82 Å². The van der Waals surface area contributed by atoms with E-state index in [1.807, 2.05) is 25.1 Å². The second-order valence-electron chi connectivity index (χ2n) is 4.80. The van der Waals surface area contributed by atoms with E-state index in [1.165, 1.54) is 6.42 Å². The number of aliphatic hydroxyl groups is 1. The molecular weight excluding hydrogens is 200 g/mol. The molecule has 3 nitrogen and oxygen atoms in total. The van der Waals surface area contributed by atoms with Crippen LogP contribution in [0.2, 0.25) is 0 Å². The maximum absolute atomic E-state index is 10.3. The molecule has 0 amide bonds. The number of anilines is 1. The summed E-state index contributed by atoms with van der Waals surface area (Å²) in [6.45, 7) is 2.59. The topological polar surface area (TPSA) is 45.1 Å². The molecule has 0 spiro atoms. The Bertz CT molecular complexity index is 346. The van der Waals surface area contributed by atoms with Crippen LogP contribution in [0.5, 0.6) is 0 Å². The zero-order valence-electron chi connectivity index (χ0n) is 9.87. The molecule has 1 saturated carbocycles. The van der Waals surface area contributed by atoms with Crippen molar-refractivity contribution in [1.82, 2.24) is 4.98 Å². The first-order valence-corrected chi connectivity index (χ1v) is 6.08. The van der Waals surface area contributed by atoms with Crippen LogP contribution in [-0.4, -0.2) is 22.2 Å². The fraction of sp³-hybridized carbons (Fsp3) is 0.615. The number of nitrogens with zero attached hydrogens (tertiary/aromatic N) is 1. The highest BCUT2D eigenvalue weighted by Crippen LogP contribution is 2.28. The Hall–Kier alpha value is -1.09. The molecule has 1 aliphatic carbocycles. The first-order chi connectivity index (χ1) is 7.68. The predicted molar refractivity (Wildman–Crippen MR) is 65.5 cm³/mol. The van der Waals surface area contributed by atoms with Crippen LogP contribution >= 0.6 is 0 Å². The monoisotopic (exact) mass is 220 g/mol. The summed E-state index contributed by atoms with van der Waals surface area (Å²) in [6.07, 6.45) is 5.35. The number of pyridine rings is 1. The van der Waals surface area contributed by atoms with Crippen molar-refractivity contribution in [2.75, 3.05) is 11.9 Å². The summed E-state index contributed by atoms with van der Waals surface area (Å²) in [6, 6.07) is 5.90. The van der Waals surface area contributed by atoms with Crippen molar-refractivity contribution in [3.63, 3.8) is 0 Å². The van der Waals surface area contributed by atoms with E-state index < -0.39 is 5.60 Å². The molecular formula is C13H20N2O. The van der Waals surface area contributed by atoms with Gasteiger partial charge >= 0.3 is 0 Å². The van der Waals surface area contributed by atoms with Gasteiger partial charge in [-0.15, -0.1) is 0 Å². The lowest BCUT2D eigenvalue weighted by atomic mass is 9.85. The van der Waals surface area contributed by atoms with Crippen LogP contribution in [0.3, 0.4) is 0 Å². The minimum absolute atomic E-state index is 0.524. The highest BCUT2D eigenvalue weighted by Gasteiger charge is 2.28. The zero-order chi connectivity index (χ0) is 11.4. The van der Waals surface area contributed by atoms with Crippen molar-refractivity contribution < 1.29 is 5.11 Å². The fourth-order valence-corrected chi connectivity index (χ4v) is 2.28. The van der Waals surface area contributed by atoms with Gasteiger partial charge in [-0.3, -0.25) is 0 Å². The summed E-state index contributed by atoms with van der Waals surface area (Å²) >= 11 is 0. The Labute approximate surface area is 96.9 Å². The predicted octanol–water partition coefficient (Wildman–Crippen LogP) is 2.50. The van der Waals surface area contributed by atoms with Crippen molar-refractivity contribution in [3.05, 3.63) is 23.9 Å². The molecule has 2 N–H and O–H groups in total. The van der Waals surface area contributed by atoms with E-state index in [0.717, 1.165) is 37.2 Å². The van der Waals surface area contributed by atoms with E-state index >= 15 is 0 Å². The van der Waals surface area contributed by atoms with Gasteiger partial charge in [-0.1, -0.05) is 25.3 Å². The van der Waals surface area contributed by atoms with E-state index in [-0.39, 0.29) is 0 Å². The van der Waals surface area contributed by atoms with Crippen LogP contribution in [-0.2, 0) is 0 Å². The van der Waals surface area contributed by atoms with Crippen molar-refractivity contribution in [1.29, 1.82) is 0 Å². The number of aromatic nitrogens is 1. The van der Waals surface area contributed by atoms with Crippen molar-refractivity contribution >= 4 is 5.82 Å². The third kappa shape index (κ3) is 2.95. The number of hydrogen-bond acceptors (Lipinski definition) is 3. The third-order valence-electron chi connectivity index (χ3n) is 3.27. The molecule has 88 valence electrons. The summed E-state index contributed by atoms with van der Waals surface area (Å²) in [7, 11) is 0.